The van der Waals surface area contributed by atoms with Gasteiger partial charge in [0, 0.05) is 29.0 Å². The molecule has 1 aromatic heterocycles. The zero-order chi connectivity index (χ0) is 13.0. The highest BCUT2D eigenvalue weighted by Gasteiger charge is 2.08. The van der Waals surface area contributed by atoms with Crippen molar-refractivity contribution < 1.29 is 4.52 Å². The van der Waals surface area contributed by atoms with Crippen LogP contribution in [0, 0.1) is 0 Å². The third kappa shape index (κ3) is 3.65. The summed E-state index contributed by atoms with van der Waals surface area (Å²) in [6.45, 7) is 5.07. The maximum absolute atomic E-state index is 5.22. The summed E-state index contributed by atoms with van der Waals surface area (Å²) < 4.78 is 6.26. The average molecular weight is 310 g/mol. The molecule has 4 nitrogen and oxygen atoms in total. The molecule has 18 heavy (non-hydrogen) atoms. The van der Waals surface area contributed by atoms with Gasteiger partial charge in [-0.05, 0) is 24.3 Å². The normalized spacial score (nSPS) is 11.1. The minimum atomic E-state index is 0.471. The summed E-state index contributed by atoms with van der Waals surface area (Å²) in [5, 5.41) is 7.30. The summed E-state index contributed by atoms with van der Waals surface area (Å²) in [6, 6.07) is 8.33. The van der Waals surface area contributed by atoms with Gasteiger partial charge in [-0.25, -0.2) is 0 Å². The van der Waals surface area contributed by atoms with E-state index in [0.717, 1.165) is 23.0 Å². The predicted octanol–water partition coefficient (Wildman–Crippen LogP) is 3.04. The molecule has 1 aromatic carbocycles. The van der Waals surface area contributed by atoms with Crippen LogP contribution in [0.15, 0.2) is 33.3 Å². The number of nitrogens with one attached hydrogen (secondary N) is 1. The van der Waals surface area contributed by atoms with E-state index in [0.29, 0.717) is 17.8 Å². The second kappa shape index (κ2) is 6.11. The Morgan fingerprint density at radius 3 is 2.67 bits per heavy atom. The van der Waals surface area contributed by atoms with Crippen LogP contribution in [0.2, 0.25) is 0 Å². The van der Waals surface area contributed by atoms with Crippen LogP contribution in [0.3, 0.4) is 0 Å². The molecule has 0 aliphatic carbocycles. The van der Waals surface area contributed by atoms with E-state index in [1.54, 1.807) is 0 Å². The van der Waals surface area contributed by atoms with Gasteiger partial charge in [-0.3, -0.25) is 0 Å². The molecule has 96 valence electrons. The maximum Gasteiger partial charge on any atom is 0.228 e. The largest absolute Gasteiger partial charge is 0.339 e. The molecule has 5 heteroatoms. The lowest BCUT2D eigenvalue weighted by molar-refractivity contribution is 0.374. The van der Waals surface area contributed by atoms with Gasteiger partial charge >= 0.3 is 0 Å². The molecule has 0 aliphatic rings. The van der Waals surface area contributed by atoms with E-state index < -0.39 is 0 Å². The molecule has 0 fully saturated rings. The Labute approximate surface area is 115 Å². The minimum absolute atomic E-state index is 0.471. The topological polar surface area (TPSA) is 51.0 Å². The number of rotatable bonds is 5. The molecule has 0 saturated carbocycles. The van der Waals surface area contributed by atoms with Crippen molar-refractivity contribution in [2.24, 2.45) is 0 Å². The maximum atomic E-state index is 5.22. The summed E-state index contributed by atoms with van der Waals surface area (Å²) in [5.41, 5.74) is 0.963. The number of halogens is 1. The number of aromatic nitrogens is 2. The van der Waals surface area contributed by atoms with Crippen LogP contribution in [0.25, 0.3) is 11.4 Å². The Kier molecular flexibility index (Phi) is 4.49. The average Bonchev–Trinajstić information content (AvgIpc) is 2.78. The third-order valence-corrected chi connectivity index (χ3v) is 2.99. The lowest BCUT2D eigenvalue weighted by Gasteiger charge is -2.04. The van der Waals surface area contributed by atoms with E-state index >= 15 is 0 Å². The van der Waals surface area contributed by atoms with Crippen molar-refractivity contribution in [3.8, 4) is 11.4 Å². The molecule has 2 aromatic rings. The number of hydrogen-bond acceptors (Lipinski definition) is 4. The van der Waals surface area contributed by atoms with Crippen molar-refractivity contribution in [2.45, 2.75) is 26.3 Å². The van der Waals surface area contributed by atoms with Gasteiger partial charge in [0.05, 0.1) is 0 Å². The van der Waals surface area contributed by atoms with Crippen LogP contribution < -0.4 is 5.32 Å². The monoisotopic (exact) mass is 309 g/mol. The third-order valence-electron chi connectivity index (χ3n) is 2.46. The first-order valence-corrected chi connectivity index (χ1v) is 6.76. The Morgan fingerprint density at radius 2 is 2.00 bits per heavy atom. The molecule has 0 atom stereocenters. The number of nitrogens with zero attached hydrogens (tertiary/aromatic N) is 2. The van der Waals surface area contributed by atoms with Crippen molar-refractivity contribution in [3.05, 3.63) is 34.6 Å². The SMILES string of the molecule is CC(C)NCCc1nc(-c2ccc(Br)cc2)no1. The van der Waals surface area contributed by atoms with Gasteiger partial charge in [-0.2, -0.15) is 4.98 Å². The predicted molar refractivity (Wildman–Crippen MR) is 74.3 cm³/mol. The van der Waals surface area contributed by atoms with E-state index in [4.69, 9.17) is 4.52 Å². The molecule has 2 rings (SSSR count). The molecule has 0 unspecified atom stereocenters. The summed E-state index contributed by atoms with van der Waals surface area (Å²) in [6.07, 6.45) is 0.752. The molecular formula is C13H16BrN3O. The zero-order valence-corrected chi connectivity index (χ0v) is 12.1. The Morgan fingerprint density at radius 1 is 1.28 bits per heavy atom. The summed E-state index contributed by atoms with van der Waals surface area (Å²) in [7, 11) is 0. The van der Waals surface area contributed by atoms with Crippen LogP contribution in [-0.2, 0) is 6.42 Å². The molecule has 0 spiro atoms. The summed E-state index contributed by atoms with van der Waals surface area (Å²) in [5.74, 6) is 1.31. The van der Waals surface area contributed by atoms with E-state index in [2.05, 4.69) is 45.2 Å². The molecule has 0 radical (unpaired) electrons. The van der Waals surface area contributed by atoms with Crippen molar-refractivity contribution in [1.29, 1.82) is 0 Å². The molecule has 1 N–H and O–H groups in total. The first kappa shape index (κ1) is 13.2. The van der Waals surface area contributed by atoms with Crippen LogP contribution >= 0.6 is 15.9 Å². The van der Waals surface area contributed by atoms with Crippen molar-refractivity contribution in [1.82, 2.24) is 15.5 Å². The van der Waals surface area contributed by atoms with E-state index in [-0.39, 0.29) is 0 Å². The van der Waals surface area contributed by atoms with Gasteiger partial charge in [-0.1, -0.05) is 34.9 Å². The van der Waals surface area contributed by atoms with E-state index in [1.165, 1.54) is 0 Å². The lowest BCUT2D eigenvalue weighted by atomic mass is 10.2. The lowest BCUT2D eigenvalue weighted by Crippen LogP contribution is -2.25. The van der Waals surface area contributed by atoms with Gasteiger partial charge in [0.1, 0.15) is 0 Å². The first-order chi connectivity index (χ1) is 8.65. The molecule has 1 heterocycles. The van der Waals surface area contributed by atoms with Gasteiger partial charge in [-0.15, -0.1) is 0 Å². The van der Waals surface area contributed by atoms with E-state index in [9.17, 15) is 0 Å². The quantitative estimate of drug-likeness (QED) is 0.922. The Hall–Kier alpha value is -1.20. The van der Waals surface area contributed by atoms with Crippen molar-refractivity contribution in [2.75, 3.05) is 6.54 Å². The molecule has 0 bridgehead atoms. The fourth-order valence-electron chi connectivity index (χ4n) is 1.54. The molecule has 0 amide bonds. The fourth-order valence-corrected chi connectivity index (χ4v) is 1.80. The zero-order valence-electron chi connectivity index (χ0n) is 10.5. The second-order valence-corrected chi connectivity index (χ2v) is 5.29. The minimum Gasteiger partial charge on any atom is -0.339 e. The highest BCUT2D eigenvalue weighted by Crippen LogP contribution is 2.18. The van der Waals surface area contributed by atoms with Gasteiger partial charge in [0.25, 0.3) is 0 Å². The fraction of sp³-hybridized carbons (Fsp3) is 0.385. The highest BCUT2D eigenvalue weighted by molar-refractivity contribution is 9.10. The van der Waals surface area contributed by atoms with Gasteiger partial charge in [0.2, 0.25) is 11.7 Å². The summed E-state index contributed by atoms with van der Waals surface area (Å²) in [4.78, 5) is 4.37. The van der Waals surface area contributed by atoms with Crippen LogP contribution in [-0.4, -0.2) is 22.7 Å². The molecular weight excluding hydrogens is 294 g/mol. The van der Waals surface area contributed by atoms with Crippen molar-refractivity contribution >= 4 is 15.9 Å². The van der Waals surface area contributed by atoms with E-state index in [1.807, 2.05) is 24.3 Å². The number of hydrogen-bond donors (Lipinski definition) is 1. The highest BCUT2D eigenvalue weighted by atomic mass is 79.9. The summed E-state index contributed by atoms with van der Waals surface area (Å²) >= 11 is 3.40. The first-order valence-electron chi connectivity index (χ1n) is 5.97. The van der Waals surface area contributed by atoms with Crippen LogP contribution in [0.1, 0.15) is 19.7 Å². The molecule has 0 saturated heterocycles. The van der Waals surface area contributed by atoms with Crippen molar-refractivity contribution in [3.63, 3.8) is 0 Å². The van der Waals surface area contributed by atoms with Gasteiger partial charge < -0.3 is 9.84 Å². The number of benzene rings is 1. The van der Waals surface area contributed by atoms with Crippen LogP contribution in [0.4, 0.5) is 0 Å². The smallest absolute Gasteiger partial charge is 0.228 e. The molecule has 0 aliphatic heterocycles. The Balaban J connectivity index is 1.99. The van der Waals surface area contributed by atoms with Gasteiger partial charge in [0.15, 0.2) is 0 Å². The standard InChI is InChI=1S/C13H16BrN3O/c1-9(2)15-8-7-12-16-13(17-18-12)10-3-5-11(14)6-4-10/h3-6,9,15H,7-8H2,1-2H3. The Bertz CT molecular complexity index is 493. The van der Waals surface area contributed by atoms with Crippen LogP contribution in [0.5, 0.6) is 0 Å². The second-order valence-electron chi connectivity index (χ2n) is 4.38.